The van der Waals surface area contributed by atoms with Crippen molar-refractivity contribution >= 4 is 29.5 Å². The molecule has 0 aliphatic carbocycles. The van der Waals surface area contributed by atoms with Crippen LogP contribution in [0.15, 0.2) is 48.7 Å². The van der Waals surface area contributed by atoms with Gasteiger partial charge in [-0.15, -0.1) is 0 Å². The van der Waals surface area contributed by atoms with E-state index in [0.717, 1.165) is 23.3 Å². The summed E-state index contributed by atoms with van der Waals surface area (Å²) in [7, 11) is 0. The topological polar surface area (TPSA) is 75.7 Å². The fourth-order valence-electron chi connectivity index (χ4n) is 3.20. The smallest absolute Gasteiger partial charge is 0.309 e. The third-order valence-electron chi connectivity index (χ3n) is 4.70. The van der Waals surface area contributed by atoms with Gasteiger partial charge in [0.1, 0.15) is 11.6 Å². The van der Waals surface area contributed by atoms with Gasteiger partial charge in [0, 0.05) is 19.2 Å². The molecule has 2 aromatic rings. The lowest BCUT2D eigenvalue weighted by molar-refractivity contribution is -0.154. The molecular weight excluding hydrogens is 394 g/mol. The monoisotopic (exact) mass is 414 g/mol. The number of ether oxygens (including phenoxy) is 1. The Morgan fingerprint density at radius 3 is 2.60 bits per heavy atom. The number of nitrogens with one attached hydrogen (secondary N) is 1. The first-order valence-electron chi connectivity index (χ1n) is 9.27. The second kappa shape index (κ2) is 8.86. The van der Waals surface area contributed by atoms with E-state index in [0.29, 0.717) is 6.07 Å². The van der Waals surface area contributed by atoms with E-state index < -0.39 is 35.7 Å². The molecule has 1 heterocycles. The molecule has 3 rings (SSSR count). The van der Waals surface area contributed by atoms with Gasteiger partial charge in [0.25, 0.3) is 5.91 Å². The molecule has 0 radical (unpaired) electrons. The molecule has 1 aliphatic rings. The SMILES string of the molecule is CC(=O)N1C=Cc2ccccc2[C@H]1CC(=O)O[C@@H](C)C(=O)Nc1ccc(F)cc1F. The number of hydrogen-bond donors (Lipinski definition) is 1. The predicted molar refractivity (Wildman–Crippen MR) is 106 cm³/mol. The summed E-state index contributed by atoms with van der Waals surface area (Å²) in [6.45, 7) is 2.73. The minimum Gasteiger partial charge on any atom is -0.452 e. The number of anilines is 1. The average Bonchev–Trinajstić information content (AvgIpc) is 2.69. The molecule has 2 amide bonds. The number of benzene rings is 2. The molecule has 0 saturated carbocycles. The van der Waals surface area contributed by atoms with Crippen LogP contribution in [0.3, 0.4) is 0 Å². The lowest BCUT2D eigenvalue weighted by atomic mass is 9.94. The van der Waals surface area contributed by atoms with Gasteiger partial charge < -0.3 is 15.0 Å². The highest BCUT2D eigenvalue weighted by molar-refractivity contribution is 5.95. The van der Waals surface area contributed by atoms with E-state index >= 15 is 0 Å². The minimum absolute atomic E-state index is 0.163. The fraction of sp³-hybridized carbons (Fsp3) is 0.227. The van der Waals surface area contributed by atoms with Crippen molar-refractivity contribution in [3.05, 3.63) is 71.4 Å². The van der Waals surface area contributed by atoms with Crippen LogP contribution in [0, 0.1) is 11.6 Å². The third-order valence-corrected chi connectivity index (χ3v) is 4.70. The number of carbonyl (C=O) groups excluding carboxylic acids is 3. The molecule has 0 bridgehead atoms. The summed E-state index contributed by atoms with van der Waals surface area (Å²) in [5.41, 5.74) is 1.45. The van der Waals surface area contributed by atoms with Crippen molar-refractivity contribution in [3.8, 4) is 0 Å². The first-order chi connectivity index (χ1) is 14.3. The number of halogens is 2. The minimum atomic E-state index is -1.22. The second-order valence-electron chi connectivity index (χ2n) is 6.84. The molecule has 2 aromatic carbocycles. The molecule has 1 aliphatic heterocycles. The maximum absolute atomic E-state index is 13.7. The number of esters is 1. The summed E-state index contributed by atoms with van der Waals surface area (Å²) >= 11 is 0. The van der Waals surface area contributed by atoms with Crippen molar-refractivity contribution in [2.75, 3.05) is 5.32 Å². The zero-order valence-corrected chi connectivity index (χ0v) is 16.4. The molecule has 30 heavy (non-hydrogen) atoms. The summed E-state index contributed by atoms with van der Waals surface area (Å²) in [6, 6.07) is 9.49. The molecule has 0 saturated heterocycles. The van der Waals surface area contributed by atoms with Gasteiger partial charge in [-0.1, -0.05) is 24.3 Å². The molecule has 8 heteroatoms. The van der Waals surface area contributed by atoms with E-state index in [2.05, 4.69) is 5.32 Å². The highest BCUT2D eigenvalue weighted by atomic mass is 19.1. The third kappa shape index (κ3) is 4.71. The summed E-state index contributed by atoms with van der Waals surface area (Å²) < 4.78 is 31.9. The van der Waals surface area contributed by atoms with Gasteiger partial charge in [-0.3, -0.25) is 14.4 Å². The highest BCUT2D eigenvalue weighted by Gasteiger charge is 2.30. The summed E-state index contributed by atoms with van der Waals surface area (Å²) in [5.74, 6) is -3.41. The molecule has 0 spiro atoms. The zero-order chi connectivity index (χ0) is 21.8. The Morgan fingerprint density at radius 1 is 1.17 bits per heavy atom. The number of rotatable bonds is 5. The Balaban J connectivity index is 1.67. The Kier molecular flexibility index (Phi) is 6.25. The highest BCUT2D eigenvalue weighted by Crippen LogP contribution is 2.33. The Morgan fingerprint density at radius 2 is 1.90 bits per heavy atom. The van der Waals surface area contributed by atoms with Crippen molar-refractivity contribution in [2.24, 2.45) is 0 Å². The summed E-state index contributed by atoms with van der Waals surface area (Å²) in [5, 5.41) is 2.26. The van der Waals surface area contributed by atoms with E-state index in [1.165, 1.54) is 18.7 Å². The number of carbonyl (C=O) groups is 3. The number of nitrogens with zero attached hydrogens (tertiary/aromatic N) is 1. The van der Waals surface area contributed by atoms with Crippen LogP contribution < -0.4 is 5.32 Å². The predicted octanol–water partition coefficient (Wildman–Crippen LogP) is 3.80. The molecule has 0 unspecified atom stereocenters. The molecule has 0 aromatic heterocycles. The summed E-state index contributed by atoms with van der Waals surface area (Å²) in [6.07, 6.45) is 2.01. The van der Waals surface area contributed by atoms with Crippen molar-refractivity contribution in [1.29, 1.82) is 0 Å². The average molecular weight is 414 g/mol. The van der Waals surface area contributed by atoms with Crippen LogP contribution in [0.4, 0.5) is 14.5 Å². The van der Waals surface area contributed by atoms with Crippen molar-refractivity contribution in [2.45, 2.75) is 32.4 Å². The van der Waals surface area contributed by atoms with Gasteiger partial charge in [0.15, 0.2) is 6.10 Å². The molecule has 156 valence electrons. The van der Waals surface area contributed by atoms with Crippen LogP contribution in [0.5, 0.6) is 0 Å². The van der Waals surface area contributed by atoms with Crippen molar-refractivity contribution < 1.29 is 27.9 Å². The van der Waals surface area contributed by atoms with E-state index in [4.69, 9.17) is 4.74 Å². The number of hydrogen-bond acceptors (Lipinski definition) is 4. The molecule has 6 nitrogen and oxygen atoms in total. The molecule has 1 N–H and O–H groups in total. The molecule has 0 fully saturated rings. The van der Waals surface area contributed by atoms with E-state index in [1.807, 2.05) is 24.3 Å². The maximum atomic E-state index is 13.7. The van der Waals surface area contributed by atoms with Crippen LogP contribution in [-0.2, 0) is 19.1 Å². The van der Waals surface area contributed by atoms with Crippen molar-refractivity contribution in [3.63, 3.8) is 0 Å². The van der Waals surface area contributed by atoms with Gasteiger partial charge in [-0.2, -0.15) is 0 Å². The van der Waals surface area contributed by atoms with Gasteiger partial charge in [-0.25, -0.2) is 8.78 Å². The van der Waals surface area contributed by atoms with Crippen molar-refractivity contribution in [1.82, 2.24) is 4.90 Å². The second-order valence-corrected chi connectivity index (χ2v) is 6.84. The quantitative estimate of drug-likeness (QED) is 0.756. The first kappa shape index (κ1) is 21.2. The van der Waals surface area contributed by atoms with E-state index in [-0.39, 0.29) is 18.0 Å². The van der Waals surface area contributed by atoms with Crippen LogP contribution in [0.2, 0.25) is 0 Å². The Hall–Kier alpha value is -3.55. The maximum Gasteiger partial charge on any atom is 0.309 e. The standard InChI is InChI=1S/C22H20F2N2O4/c1-13(22(29)25-19-8-7-16(23)11-18(19)24)30-21(28)12-20-17-6-4-3-5-15(17)9-10-26(20)14(2)27/h3-11,13,20H,12H2,1-2H3,(H,25,29)/t13-,20+/m0/s1. The van der Waals surface area contributed by atoms with Crippen LogP contribution >= 0.6 is 0 Å². The largest absolute Gasteiger partial charge is 0.452 e. The van der Waals surface area contributed by atoms with Gasteiger partial charge >= 0.3 is 5.97 Å². The molecule has 2 atom stereocenters. The van der Waals surface area contributed by atoms with Gasteiger partial charge in [0.2, 0.25) is 5.91 Å². The molecular formula is C22H20F2N2O4. The van der Waals surface area contributed by atoms with E-state index in [9.17, 15) is 23.2 Å². The van der Waals surface area contributed by atoms with E-state index in [1.54, 1.807) is 12.3 Å². The van der Waals surface area contributed by atoms with Gasteiger partial charge in [0.05, 0.1) is 18.2 Å². The lowest BCUT2D eigenvalue weighted by Crippen LogP contribution is -2.35. The van der Waals surface area contributed by atoms with Crippen LogP contribution in [0.25, 0.3) is 6.08 Å². The lowest BCUT2D eigenvalue weighted by Gasteiger charge is -2.32. The first-order valence-corrected chi connectivity index (χ1v) is 9.27. The number of fused-ring (bicyclic) bond motifs is 1. The Bertz CT molecular complexity index is 1020. The normalized spacial score (nSPS) is 15.9. The fourth-order valence-corrected chi connectivity index (χ4v) is 3.20. The Labute approximate surface area is 172 Å². The van der Waals surface area contributed by atoms with Crippen LogP contribution in [0.1, 0.15) is 37.4 Å². The number of amides is 2. The van der Waals surface area contributed by atoms with Gasteiger partial charge in [-0.05, 0) is 36.3 Å². The zero-order valence-electron chi connectivity index (χ0n) is 16.4. The summed E-state index contributed by atoms with van der Waals surface area (Å²) in [4.78, 5) is 38.1. The van der Waals surface area contributed by atoms with Crippen LogP contribution in [-0.4, -0.2) is 28.8 Å².